The van der Waals surface area contributed by atoms with Crippen molar-refractivity contribution in [1.82, 2.24) is 9.78 Å². The van der Waals surface area contributed by atoms with Crippen LogP contribution in [0.1, 0.15) is 23.9 Å². The molecular weight excluding hydrogens is 398 g/mol. The zero-order valence-electron chi connectivity index (χ0n) is 11.6. The molecule has 2 rings (SSSR count). The maximum atomic E-state index is 6.20. The van der Waals surface area contributed by atoms with Crippen molar-refractivity contribution in [3.8, 4) is 5.75 Å². The second-order valence-electron chi connectivity index (χ2n) is 4.46. The molecule has 21 heavy (non-hydrogen) atoms. The minimum Gasteiger partial charge on any atom is -0.485 e. The third kappa shape index (κ3) is 3.67. The normalized spacial score (nSPS) is 11.0. The van der Waals surface area contributed by atoms with Crippen LogP contribution in [0.15, 0.2) is 16.6 Å². The summed E-state index contributed by atoms with van der Waals surface area (Å²) in [5, 5.41) is 5.42. The van der Waals surface area contributed by atoms with Gasteiger partial charge in [0.25, 0.3) is 0 Å². The first kappa shape index (κ1) is 16.9. The van der Waals surface area contributed by atoms with Crippen LogP contribution in [0.3, 0.4) is 0 Å². The molecule has 1 aromatic carbocycles. The average molecular weight is 413 g/mol. The molecule has 1 aromatic heterocycles. The Bertz CT molecular complexity index is 658. The van der Waals surface area contributed by atoms with Gasteiger partial charge in [0.05, 0.1) is 26.8 Å². The highest BCUT2D eigenvalue weighted by Crippen LogP contribution is 2.34. The van der Waals surface area contributed by atoms with Crippen molar-refractivity contribution in [3.63, 3.8) is 0 Å². The molecule has 7 heteroatoms. The van der Waals surface area contributed by atoms with Crippen molar-refractivity contribution in [3.05, 3.63) is 43.6 Å². The summed E-state index contributed by atoms with van der Waals surface area (Å²) in [5.74, 6) is 0.840. The lowest BCUT2D eigenvalue weighted by Gasteiger charge is -2.13. The van der Waals surface area contributed by atoms with Gasteiger partial charge in [-0.05, 0) is 41.9 Å². The SMILES string of the molecule is CCn1nc(C)c(Br)c1COc1c(Cl)cc(Cl)cc1CCl. The molecule has 114 valence electrons. The van der Waals surface area contributed by atoms with Crippen LogP contribution in [0, 0.1) is 6.92 Å². The Hall–Kier alpha value is -0.420. The number of hydrogen-bond acceptors (Lipinski definition) is 2. The monoisotopic (exact) mass is 410 g/mol. The summed E-state index contributed by atoms with van der Waals surface area (Å²) in [6, 6.07) is 3.40. The number of aryl methyl sites for hydroxylation is 2. The van der Waals surface area contributed by atoms with Gasteiger partial charge >= 0.3 is 0 Å². The van der Waals surface area contributed by atoms with Crippen molar-refractivity contribution in [2.24, 2.45) is 0 Å². The topological polar surface area (TPSA) is 27.1 Å². The van der Waals surface area contributed by atoms with E-state index in [-0.39, 0.29) is 5.88 Å². The Morgan fingerprint density at radius 3 is 2.67 bits per heavy atom. The zero-order chi connectivity index (χ0) is 15.6. The molecule has 0 amide bonds. The van der Waals surface area contributed by atoms with E-state index in [0.717, 1.165) is 28.0 Å². The van der Waals surface area contributed by atoms with Gasteiger partial charge in [-0.3, -0.25) is 4.68 Å². The van der Waals surface area contributed by atoms with Crippen LogP contribution in [0.2, 0.25) is 10.0 Å². The summed E-state index contributed by atoms with van der Waals surface area (Å²) in [6.45, 7) is 5.09. The Morgan fingerprint density at radius 1 is 1.33 bits per heavy atom. The Labute approximate surface area is 147 Å². The lowest BCUT2D eigenvalue weighted by molar-refractivity contribution is 0.289. The van der Waals surface area contributed by atoms with Gasteiger partial charge in [-0.25, -0.2) is 0 Å². The quantitative estimate of drug-likeness (QED) is 0.598. The van der Waals surface area contributed by atoms with Crippen molar-refractivity contribution in [1.29, 1.82) is 0 Å². The third-order valence-corrected chi connectivity index (χ3v) is 4.85. The first-order valence-electron chi connectivity index (χ1n) is 6.36. The number of rotatable bonds is 5. The number of benzene rings is 1. The third-order valence-electron chi connectivity index (χ3n) is 3.04. The Balaban J connectivity index is 2.29. The van der Waals surface area contributed by atoms with Gasteiger partial charge in [0.2, 0.25) is 0 Å². The van der Waals surface area contributed by atoms with Gasteiger partial charge in [0.1, 0.15) is 12.4 Å². The summed E-state index contributed by atoms with van der Waals surface area (Å²) in [6.07, 6.45) is 0. The highest BCUT2D eigenvalue weighted by Gasteiger charge is 2.15. The maximum absolute atomic E-state index is 6.20. The molecule has 0 unspecified atom stereocenters. The van der Waals surface area contributed by atoms with Gasteiger partial charge in [-0.15, -0.1) is 11.6 Å². The van der Waals surface area contributed by atoms with Crippen LogP contribution in [-0.2, 0) is 19.0 Å². The maximum Gasteiger partial charge on any atom is 0.142 e. The second-order valence-corrected chi connectivity index (χ2v) is 6.36. The van der Waals surface area contributed by atoms with Crippen molar-refractivity contribution in [2.75, 3.05) is 0 Å². The fourth-order valence-electron chi connectivity index (χ4n) is 2.02. The highest BCUT2D eigenvalue weighted by atomic mass is 79.9. The molecule has 0 spiro atoms. The number of hydrogen-bond donors (Lipinski definition) is 0. The summed E-state index contributed by atoms with van der Waals surface area (Å²) < 4.78 is 8.71. The molecule has 0 N–H and O–H groups in total. The summed E-state index contributed by atoms with van der Waals surface area (Å²) in [7, 11) is 0. The minimum atomic E-state index is 0.281. The molecular formula is C14H14BrCl3N2O. The van der Waals surface area contributed by atoms with Gasteiger partial charge < -0.3 is 4.74 Å². The summed E-state index contributed by atoms with van der Waals surface area (Å²) >= 11 is 21.6. The molecule has 1 heterocycles. The molecule has 0 fully saturated rings. The van der Waals surface area contributed by atoms with E-state index in [9.17, 15) is 0 Å². The molecule has 0 aliphatic heterocycles. The van der Waals surface area contributed by atoms with Gasteiger partial charge in [0.15, 0.2) is 0 Å². The number of ether oxygens (including phenoxy) is 1. The van der Waals surface area contributed by atoms with Gasteiger partial charge in [-0.1, -0.05) is 23.2 Å². The molecule has 0 atom stereocenters. The summed E-state index contributed by atoms with van der Waals surface area (Å²) in [4.78, 5) is 0. The van der Waals surface area contributed by atoms with E-state index in [1.165, 1.54) is 0 Å². The summed E-state index contributed by atoms with van der Waals surface area (Å²) in [5.41, 5.74) is 2.65. The molecule has 0 aliphatic carbocycles. The smallest absolute Gasteiger partial charge is 0.142 e. The molecule has 2 aromatic rings. The molecule has 0 saturated carbocycles. The number of alkyl halides is 1. The zero-order valence-corrected chi connectivity index (χ0v) is 15.4. The number of halogens is 4. The van der Waals surface area contributed by atoms with Crippen LogP contribution in [0.4, 0.5) is 0 Å². The van der Waals surface area contributed by atoms with Crippen molar-refractivity contribution in [2.45, 2.75) is 32.9 Å². The van der Waals surface area contributed by atoms with Crippen molar-refractivity contribution >= 4 is 50.7 Å². The number of aromatic nitrogens is 2. The molecule has 3 nitrogen and oxygen atoms in total. The van der Waals surface area contributed by atoms with Crippen LogP contribution < -0.4 is 4.74 Å². The first-order valence-corrected chi connectivity index (χ1v) is 8.44. The van der Waals surface area contributed by atoms with Gasteiger partial charge in [0, 0.05) is 17.1 Å². The lowest BCUT2D eigenvalue weighted by atomic mass is 10.2. The van der Waals surface area contributed by atoms with E-state index >= 15 is 0 Å². The Morgan fingerprint density at radius 2 is 2.05 bits per heavy atom. The number of nitrogens with zero attached hydrogens (tertiary/aromatic N) is 2. The van der Waals surface area contributed by atoms with E-state index in [1.54, 1.807) is 12.1 Å². The minimum absolute atomic E-state index is 0.281. The van der Waals surface area contributed by atoms with Gasteiger partial charge in [-0.2, -0.15) is 5.10 Å². The van der Waals surface area contributed by atoms with E-state index < -0.39 is 0 Å². The fourth-order valence-corrected chi connectivity index (χ4v) is 3.21. The highest BCUT2D eigenvalue weighted by molar-refractivity contribution is 9.10. The van der Waals surface area contributed by atoms with E-state index in [2.05, 4.69) is 21.0 Å². The van der Waals surface area contributed by atoms with E-state index in [1.807, 2.05) is 18.5 Å². The standard InChI is InChI=1S/C14H14BrCl3N2O/c1-3-20-12(13(15)8(2)19-20)7-21-14-9(6-16)4-10(17)5-11(14)18/h4-5H,3,6-7H2,1-2H3. The van der Waals surface area contributed by atoms with Crippen molar-refractivity contribution < 1.29 is 4.74 Å². The average Bonchev–Trinajstić information content (AvgIpc) is 2.72. The lowest BCUT2D eigenvalue weighted by Crippen LogP contribution is -2.07. The predicted octanol–water partition coefficient (Wildman–Crippen LogP) is 5.60. The van der Waals surface area contributed by atoms with E-state index in [0.29, 0.717) is 22.4 Å². The van der Waals surface area contributed by atoms with Crippen LogP contribution in [0.25, 0.3) is 0 Å². The molecule has 0 saturated heterocycles. The largest absolute Gasteiger partial charge is 0.485 e. The molecule has 0 bridgehead atoms. The Kier molecular flexibility index (Phi) is 5.83. The predicted molar refractivity (Wildman–Crippen MR) is 90.7 cm³/mol. The van der Waals surface area contributed by atoms with Crippen LogP contribution in [0.5, 0.6) is 5.75 Å². The van der Waals surface area contributed by atoms with E-state index in [4.69, 9.17) is 39.5 Å². The fraction of sp³-hybridized carbons (Fsp3) is 0.357. The molecule has 0 radical (unpaired) electrons. The molecule has 0 aliphatic rings. The second kappa shape index (κ2) is 7.23. The van der Waals surface area contributed by atoms with Crippen LogP contribution >= 0.6 is 50.7 Å². The van der Waals surface area contributed by atoms with Crippen LogP contribution in [-0.4, -0.2) is 9.78 Å². The first-order chi connectivity index (χ1) is 9.97.